The van der Waals surface area contributed by atoms with E-state index < -0.39 is 18.1 Å². The van der Waals surface area contributed by atoms with Gasteiger partial charge in [0.15, 0.2) is 0 Å². The van der Waals surface area contributed by atoms with Gasteiger partial charge in [-0.25, -0.2) is 0 Å². The summed E-state index contributed by atoms with van der Waals surface area (Å²) in [6.07, 6.45) is -0.523. The zero-order chi connectivity index (χ0) is 15.4. The molecule has 0 saturated carbocycles. The molecule has 1 saturated heterocycles. The lowest BCUT2D eigenvalue weighted by molar-refractivity contribution is -0.144. The van der Waals surface area contributed by atoms with E-state index in [0.717, 1.165) is 5.56 Å². The van der Waals surface area contributed by atoms with Gasteiger partial charge < -0.3 is 10.2 Å². The summed E-state index contributed by atoms with van der Waals surface area (Å²) in [5.41, 5.74) is 0.912. The minimum Gasteiger partial charge on any atom is -0.480 e. The van der Waals surface area contributed by atoms with E-state index in [9.17, 15) is 15.0 Å². The average Bonchev–Trinajstić information content (AvgIpc) is 2.47. The number of thioether (sulfide) groups is 2. The average molecular weight is 327 g/mol. The Kier molecular flexibility index (Phi) is 5.98. The maximum atomic E-state index is 11.4. The summed E-state index contributed by atoms with van der Waals surface area (Å²) in [5.74, 6) is 0.570. The molecule has 6 heteroatoms. The fourth-order valence-electron chi connectivity index (χ4n) is 2.44. The smallest absolute Gasteiger partial charge is 0.321 e. The Bertz CT molecular complexity index is 461. The topological polar surface area (TPSA) is 60.8 Å². The van der Waals surface area contributed by atoms with Gasteiger partial charge >= 0.3 is 5.97 Å². The lowest BCUT2D eigenvalue weighted by Gasteiger charge is -2.37. The van der Waals surface area contributed by atoms with E-state index in [1.165, 1.54) is 0 Å². The summed E-state index contributed by atoms with van der Waals surface area (Å²) in [4.78, 5) is 13.3. The van der Waals surface area contributed by atoms with Crippen LogP contribution in [0.25, 0.3) is 0 Å². The highest BCUT2D eigenvalue weighted by atomic mass is 32.2. The molecule has 2 rings (SSSR count). The van der Waals surface area contributed by atoms with E-state index >= 15 is 0 Å². The molecular weight excluding hydrogens is 306 g/mol. The molecular formula is C15H21NO3S2. The van der Waals surface area contributed by atoms with E-state index in [4.69, 9.17) is 0 Å². The predicted molar refractivity (Wildman–Crippen MR) is 88.2 cm³/mol. The van der Waals surface area contributed by atoms with Crippen LogP contribution in [0, 0.1) is 5.92 Å². The Balaban J connectivity index is 1.95. The highest BCUT2D eigenvalue weighted by molar-refractivity contribution is 8.17. The summed E-state index contributed by atoms with van der Waals surface area (Å²) in [5, 5.41) is 19.8. The molecule has 4 nitrogen and oxygen atoms in total. The number of nitrogens with zero attached hydrogens (tertiary/aromatic N) is 1. The summed E-state index contributed by atoms with van der Waals surface area (Å²) in [6, 6.07) is 9.15. The molecule has 1 aliphatic heterocycles. The number of aliphatic carboxylic acids is 1. The molecule has 1 aromatic carbocycles. The van der Waals surface area contributed by atoms with Gasteiger partial charge in [0.05, 0.1) is 4.58 Å². The third-order valence-electron chi connectivity index (χ3n) is 3.49. The summed E-state index contributed by atoms with van der Waals surface area (Å²) < 4.78 is 0.0465. The van der Waals surface area contributed by atoms with Gasteiger partial charge in [-0.1, -0.05) is 44.2 Å². The third kappa shape index (κ3) is 4.16. The summed E-state index contributed by atoms with van der Waals surface area (Å²) in [6.45, 7) is 3.86. The molecule has 2 atom stereocenters. The van der Waals surface area contributed by atoms with Crippen LogP contribution in [-0.2, 0) is 4.79 Å². The lowest BCUT2D eigenvalue weighted by atomic mass is 10.0. The second-order valence-electron chi connectivity index (χ2n) is 5.43. The van der Waals surface area contributed by atoms with Gasteiger partial charge in [-0.05, 0) is 11.5 Å². The Hall–Kier alpha value is -0.690. The van der Waals surface area contributed by atoms with Crippen LogP contribution >= 0.6 is 23.5 Å². The highest BCUT2D eigenvalue weighted by Crippen LogP contribution is 2.40. The maximum absolute atomic E-state index is 11.4. The molecule has 0 bridgehead atoms. The first-order valence-electron chi connectivity index (χ1n) is 6.93. The van der Waals surface area contributed by atoms with Crippen LogP contribution in [-0.4, -0.2) is 43.5 Å². The Labute approximate surface area is 133 Å². The van der Waals surface area contributed by atoms with Crippen LogP contribution in [0.4, 0.5) is 0 Å². The van der Waals surface area contributed by atoms with Crippen molar-refractivity contribution >= 4 is 29.5 Å². The zero-order valence-corrected chi connectivity index (χ0v) is 13.8. The maximum Gasteiger partial charge on any atom is 0.321 e. The summed E-state index contributed by atoms with van der Waals surface area (Å²) in [7, 11) is 0. The van der Waals surface area contributed by atoms with Crippen molar-refractivity contribution in [2.24, 2.45) is 5.92 Å². The van der Waals surface area contributed by atoms with Crippen LogP contribution in [0.3, 0.4) is 0 Å². The molecule has 1 unspecified atom stereocenters. The number of aliphatic hydroxyl groups is 1. The second kappa shape index (κ2) is 7.54. The standard InChI is InChI=1S/C15H21NO3S2/c1-10(2)12(14(18)19)16-8-20-15(21-9-16)13(17)11-6-4-3-5-7-11/h3-7,10,12-13,15,17H,8-9H2,1-2H3,(H,18,19)/t12-,13?/m0/s1. The number of benzene rings is 1. The van der Waals surface area contributed by atoms with Crippen molar-refractivity contribution in [2.75, 3.05) is 11.8 Å². The van der Waals surface area contributed by atoms with Gasteiger partial charge in [-0.15, -0.1) is 23.5 Å². The minimum atomic E-state index is -0.770. The molecule has 1 aromatic rings. The molecule has 116 valence electrons. The normalized spacial score (nSPS) is 20.4. The Morgan fingerprint density at radius 1 is 1.24 bits per heavy atom. The second-order valence-corrected chi connectivity index (χ2v) is 7.93. The van der Waals surface area contributed by atoms with Crippen molar-refractivity contribution < 1.29 is 15.0 Å². The third-order valence-corrected chi connectivity index (χ3v) is 6.44. The van der Waals surface area contributed by atoms with Gasteiger partial charge in [0.1, 0.15) is 12.1 Å². The Morgan fingerprint density at radius 2 is 1.81 bits per heavy atom. The van der Waals surface area contributed by atoms with Gasteiger partial charge in [0.25, 0.3) is 0 Å². The number of hydrogen-bond acceptors (Lipinski definition) is 5. The van der Waals surface area contributed by atoms with Gasteiger partial charge in [-0.3, -0.25) is 9.69 Å². The first-order valence-corrected chi connectivity index (χ1v) is 9.03. The van der Waals surface area contributed by atoms with Crippen molar-refractivity contribution in [1.82, 2.24) is 4.90 Å². The van der Waals surface area contributed by atoms with E-state index in [1.54, 1.807) is 23.5 Å². The van der Waals surface area contributed by atoms with Crippen LogP contribution in [0.2, 0.25) is 0 Å². The van der Waals surface area contributed by atoms with Gasteiger partial charge in [0, 0.05) is 11.8 Å². The SMILES string of the molecule is CC(C)[C@@H](C(=O)O)N1CSC(C(O)c2ccccc2)SC1. The number of hydrogen-bond donors (Lipinski definition) is 2. The first-order chi connectivity index (χ1) is 10.0. The van der Waals surface area contributed by atoms with Crippen LogP contribution in [0.5, 0.6) is 0 Å². The van der Waals surface area contributed by atoms with E-state index in [-0.39, 0.29) is 10.5 Å². The quantitative estimate of drug-likeness (QED) is 0.867. The van der Waals surface area contributed by atoms with Crippen LogP contribution < -0.4 is 0 Å². The fourth-order valence-corrected chi connectivity index (χ4v) is 5.16. The van der Waals surface area contributed by atoms with Gasteiger partial charge in [0.2, 0.25) is 0 Å². The number of rotatable bonds is 5. The van der Waals surface area contributed by atoms with E-state index in [2.05, 4.69) is 0 Å². The number of carbonyl (C=O) groups is 1. The predicted octanol–water partition coefficient (Wildman–Crippen LogP) is 2.85. The molecule has 1 fully saturated rings. The molecule has 2 N–H and O–H groups in total. The lowest BCUT2D eigenvalue weighted by Crippen LogP contribution is -2.46. The zero-order valence-electron chi connectivity index (χ0n) is 12.2. The van der Waals surface area contributed by atoms with E-state index in [1.807, 2.05) is 49.1 Å². The van der Waals surface area contributed by atoms with Crippen molar-refractivity contribution in [3.05, 3.63) is 35.9 Å². The molecule has 0 amide bonds. The number of aliphatic hydroxyl groups excluding tert-OH is 1. The number of carboxylic acid groups (broad SMARTS) is 1. The van der Waals surface area contributed by atoms with Crippen molar-refractivity contribution in [3.63, 3.8) is 0 Å². The molecule has 1 heterocycles. The summed E-state index contributed by atoms with van der Waals surface area (Å²) >= 11 is 3.23. The monoisotopic (exact) mass is 327 g/mol. The minimum absolute atomic E-state index is 0.0465. The first kappa shape index (κ1) is 16.7. The molecule has 1 aliphatic rings. The van der Waals surface area contributed by atoms with Gasteiger partial charge in [-0.2, -0.15) is 0 Å². The van der Waals surface area contributed by atoms with Crippen molar-refractivity contribution in [2.45, 2.75) is 30.6 Å². The van der Waals surface area contributed by atoms with E-state index in [0.29, 0.717) is 11.8 Å². The highest BCUT2D eigenvalue weighted by Gasteiger charge is 2.34. The van der Waals surface area contributed by atoms with Crippen LogP contribution in [0.1, 0.15) is 25.5 Å². The number of carboxylic acids is 1. The molecule has 0 radical (unpaired) electrons. The van der Waals surface area contributed by atoms with Crippen molar-refractivity contribution in [3.8, 4) is 0 Å². The molecule has 21 heavy (non-hydrogen) atoms. The molecule has 0 aliphatic carbocycles. The van der Waals surface area contributed by atoms with Crippen molar-refractivity contribution in [1.29, 1.82) is 0 Å². The largest absolute Gasteiger partial charge is 0.480 e. The fraction of sp³-hybridized carbons (Fsp3) is 0.533. The Morgan fingerprint density at radius 3 is 2.29 bits per heavy atom. The van der Waals surface area contributed by atoms with Crippen LogP contribution in [0.15, 0.2) is 30.3 Å². The molecule has 0 aromatic heterocycles. The molecule has 0 spiro atoms.